The van der Waals surface area contributed by atoms with Gasteiger partial charge in [0.15, 0.2) is 0 Å². The van der Waals surface area contributed by atoms with Gasteiger partial charge in [-0.05, 0) is 42.9 Å². The Morgan fingerprint density at radius 2 is 1.79 bits per heavy atom. The van der Waals surface area contributed by atoms with Crippen molar-refractivity contribution in [3.63, 3.8) is 0 Å². The number of rotatable bonds is 7. The van der Waals surface area contributed by atoms with Crippen molar-refractivity contribution in [3.8, 4) is 0 Å². The summed E-state index contributed by atoms with van der Waals surface area (Å²) < 4.78 is 23.6. The maximum absolute atomic E-state index is 11.8. The monoisotopic (exact) mass is 283 g/mol. The molecule has 0 radical (unpaired) electrons. The molecule has 0 aliphatic carbocycles. The van der Waals surface area contributed by atoms with E-state index in [2.05, 4.69) is 6.92 Å². The van der Waals surface area contributed by atoms with Crippen molar-refractivity contribution in [2.45, 2.75) is 64.2 Å². The van der Waals surface area contributed by atoms with Crippen molar-refractivity contribution in [1.82, 2.24) is 0 Å². The van der Waals surface area contributed by atoms with E-state index in [1.165, 1.54) is 12.8 Å². The minimum absolute atomic E-state index is 0.350. The molecule has 0 aromatic heterocycles. The molecule has 0 saturated heterocycles. The zero-order chi connectivity index (χ0) is 14.5. The van der Waals surface area contributed by atoms with Crippen molar-refractivity contribution >= 4 is 10.0 Å². The minimum atomic E-state index is -3.64. The van der Waals surface area contributed by atoms with Crippen molar-refractivity contribution < 1.29 is 8.42 Å². The third kappa shape index (κ3) is 4.32. The molecule has 108 valence electrons. The van der Waals surface area contributed by atoms with Gasteiger partial charge in [-0.1, -0.05) is 45.2 Å². The maximum Gasteiger partial charge on any atom is 0.238 e. The lowest BCUT2D eigenvalue weighted by Gasteiger charge is -2.15. The van der Waals surface area contributed by atoms with Gasteiger partial charge in [0.1, 0.15) is 0 Å². The SMILES string of the molecule is CCCCCCc1c(CC)ccc(C)c1S(N)(=O)=O. The van der Waals surface area contributed by atoms with Crippen LogP contribution in [-0.4, -0.2) is 8.42 Å². The second-order valence-electron chi connectivity index (χ2n) is 5.06. The molecule has 0 aliphatic rings. The van der Waals surface area contributed by atoms with Gasteiger partial charge < -0.3 is 0 Å². The highest BCUT2D eigenvalue weighted by Gasteiger charge is 2.19. The highest BCUT2D eigenvalue weighted by molar-refractivity contribution is 7.89. The first-order valence-corrected chi connectivity index (χ1v) is 8.60. The summed E-state index contributed by atoms with van der Waals surface area (Å²) in [5.41, 5.74) is 2.79. The van der Waals surface area contributed by atoms with E-state index in [0.29, 0.717) is 4.90 Å². The van der Waals surface area contributed by atoms with Crippen LogP contribution < -0.4 is 5.14 Å². The molecule has 3 nitrogen and oxygen atoms in total. The third-order valence-electron chi connectivity index (χ3n) is 3.50. The van der Waals surface area contributed by atoms with Crippen LogP contribution in [0, 0.1) is 6.92 Å². The molecule has 0 amide bonds. The number of unbranched alkanes of at least 4 members (excludes halogenated alkanes) is 3. The van der Waals surface area contributed by atoms with E-state index in [0.717, 1.165) is 42.4 Å². The summed E-state index contributed by atoms with van der Waals surface area (Å²) in [4.78, 5) is 0.350. The molecule has 2 N–H and O–H groups in total. The quantitative estimate of drug-likeness (QED) is 0.780. The summed E-state index contributed by atoms with van der Waals surface area (Å²) in [6.45, 7) is 6.03. The van der Waals surface area contributed by atoms with Gasteiger partial charge >= 0.3 is 0 Å². The molecule has 4 heteroatoms. The molecule has 1 rings (SSSR count). The molecule has 1 aromatic rings. The van der Waals surface area contributed by atoms with Crippen molar-refractivity contribution in [3.05, 3.63) is 28.8 Å². The fourth-order valence-electron chi connectivity index (χ4n) is 2.52. The Morgan fingerprint density at radius 1 is 1.11 bits per heavy atom. The number of sulfonamides is 1. The average Bonchev–Trinajstić information content (AvgIpc) is 2.33. The van der Waals surface area contributed by atoms with Crippen molar-refractivity contribution in [2.75, 3.05) is 0 Å². The van der Waals surface area contributed by atoms with Crippen LogP contribution in [0.25, 0.3) is 0 Å². The first kappa shape index (κ1) is 16.2. The maximum atomic E-state index is 11.8. The van der Waals surface area contributed by atoms with Crippen LogP contribution in [0.1, 0.15) is 56.2 Å². The van der Waals surface area contributed by atoms with Crippen molar-refractivity contribution in [2.24, 2.45) is 5.14 Å². The Morgan fingerprint density at radius 3 is 2.32 bits per heavy atom. The molecule has 0 unspecified atom stereocenters. The van der Waals surface area contributed by atoms with Crippen LogP contribution in [0.4, 0.5) is 0 Å². The van der Waals surface area contributed by atoms with Crippen LogP contribution >= 0.6 is 0 Å². The van der Waals surface area contributed by atoms with Gasteiger partial charge in [0, 0.05) is 0 Å². The van der Waals surface area contributed by atoms with E-state index < -0.39 is 10.0 Å². The van der Waals surface area contributed by atoms with Gasteiger partial charge in [-0.2, -0.15) is 0 Å². The Labute approximate surface area is 117 Å². The molecule has 19 heavy (non-hydrogen) atoms. The molecule has 1 aromatic carbocycles. The van der Waals surface area contributed by atoms with Gasteiger partial charge in [0.2, 0.25) is 10.0 Å². The van der Waals surface area contributed by atoms with E-state index in [1.54, 1.807) is 0 Å². The lowest BCUT2D eigenvalue weighted by atomic mass is 9.97. The largest absolute Gasteiger partial charge is 0.238 e. The van der Waals surface area contributed by atoms with Crippen LogP contribution in [0.15, 0.2) is 17.0 Å². The smallest absolute Gasteiger partial charge is 0.225 e. The zero-order valence-corrected chi connectivity index (χ0v) is 13.0. The fourth-order valence-corrected chi connectivity index (χ4v) is 3.61. The number of nitrogens with two attached hydrogens (primary N) is 1. The average molecular weight is 283 g/mol. The summed E-state index contributed by atoms with van der Waals surface area (Å²) in [7, 11) is -3.64. The van der Waals surface area contributed by atoms with Crippen LogP contribution in [-0.2, 0) is 22.9 Å². The highest BCUT2D eigenvalue weighted by atomic mass is 32.2. The summed E-state index contributed by atoms with van der Waals surface area (Å²) in [5, 5.41) is 5.38. The van der Waals surface area contributed by atoms with E-state index in [1.807, 2.05) is 26.0 Å². The van der Waals surface area contributed by atoms with Gasteiger partial charge in [-0.25, -0.2) is 13.6 Å². The predicted octanol–water partition coefficient (Wildman–Crippen LogP) is 3.33. The molecule has 0 saturated carbocycles. The number of aryl methyl sites for hydroxylation is 2. The Kier molecular flexibility index (Phi) is 6.01. The highest BCUT2D eigenvalue weighted by Crippen LogP contribution is 2.25. The van der Waals surface area contributed by atoms with E-state index in [9.17, 15) is 8.42 Å². The first-order valence-electron chi connectivity index (χ1n) is 7.06. The molecule has 0 heterocycles. The number of hydrogen-bond acceptors (Lipinski definition) is 2. The lowest BCUT2D eigenvalue weighted by molar-refractivity contribution is 0.594. The summed E-state index contributed by atoms with van der Waals surface area (Å²) in [6, 6.07) is 3.88. The lowest BCUT2D eigenvalue weighted by Crippen LogP contribution is -2.17. The van der Waals surface area contributed by atoms with Gasteiger partial charge in [0.25, 0.3) is 0 Å². The third-order valence-corrected chi connectivity index (χ3v) is 4.64. The Bertz CT molecular complexity index is 521. The Hall–Kier alpha value is -0.870. The normalized spacial score (nSPS) is 11.8. The second kappa shape index (κ2) is 7.06. The Balaban J connectivity index is 3.13. The summed E-state index contributed by atoms with van der Waals surface area (Å²) >= 11 is 0. The van der Waals surface area contributed by atoms with Crippen LogP contribution in [0.2, 0.25) is 0 Å². The molecular formula is C15H25NO2S. The fraction of sp³-hybridized carbons (Fsp3) is 0.600. The molecule has 0 aliphatic heterocycles. The van der Waals surface area contributed by atoms with Gasteiger partial charge in [-0.15, -0.1) is 0 Å². The number of benzene rings is 1. The first-order chi connectivity index (χ1) is 8.91. The van der Waals surface area contributed by atoms with E-state index in [-0.39, 0.29) is 0 Å². The molecule has 0 bridgehead atoms. The molecular weight excluding hydrogens is 258 g/mol. The summed E-state index contributed by atoms with van der Waals surface area (Å²) in [5.74, 6) is 0. The summed E-state index contributed by atoms with van der Waals surface area (Å²) in [6.07, 6.45) is 6.17. The molecule has 0 spiro atoms. The number of primary sulfonamides is 1. The van der Waals surface area contributed by atoms with Gasteiger partial charge in [-0.3, -0.25) is 0 Å². The van der Waals surface area contributed by atoms with Crippen molar-refractivity contribution in [1.29, 1.82) is 0 Å². The van der Waals surface area contributed by atoms with Gasteiger partial charge in [0.05, 0.1) is 4.90 Å². The topological polar surface area (TPSA) is 60.2 Å². The van der Waals surface area contributed by atoms with E-state index >= 15 is 0 Å². The van der Waals surface area contributed by atoms with Crippen LogP contribution in [0.3, 0.4) is 0 Å². The second-order valence-corrected chi connectivity index (χ2v) is 6.56. The molecule has 0 fully saturated rings. The van der Waals surface area contributed by atoms with Crippen LogP contribution in [0.5, 0.6) is 0 Å². The standard InChI is InChI=1S/C15H25NO2S/c1-4-6-7-8-9-14-13(5-2)11-10-12(3)15(14)19(16,17)18/h10-11H,4-9H2,1-3H3,(H2,16,17,18). The predicted molar refractivity (Wildman–Crippen MR) is 79.8 cm³/mol. The zero-order valence-electron chi connectivity index (χ0n) is 12.2. The van der Waals surface area contributed by atoms with E-state index in [4.69, 9.17) is 5.14 Å². The molecule has 0 atom stereocenters. The minimum Gasteiger partial charge on any atom is -0.225 e. The number of hydrogen-bond donors (Lipinski definition) is 1.